The molecule has 1 aliphatic rings. The number of rotatable bonds is 2. The number of hydrogen-bond acceptors (Lipinski definition) is 5. The SMILES string of the molecule is COC(=O)c1cc(=O)n2cnc(C(=O)N3CCCCC3)c2[nH]1. The Morgan fingerprint density at radius 2 is 2.00 bits per heavy atom. The molecule has 0 aromatic carbocycles. The summed E-state index contributed by atoms with van der Waals surface area (Å²) in [5.74, 6) is -0.906. The Morgan fingerprint density at radius 3 is 2.68 bits per heavy atom. The minimum Gasteiger partial charge on any atom is -0.464 e. The zero-order chi connectivity index (χ0) is 15.7. The molecule has 0 aliphatic carbocycles. The van der Waals surface area contributed by atoms with Gasteiger partial charge in [0.15, 0.2) is 11.3 Å². The molecule has 2 aromatic rings. The fourth-order valence-corrected chi connectivity index (χ4v) is 2.61. The van der Waals surface area contributed by atoms with Gasteiger partial charge in [0.25, 0.3) is 11.5 Å². The third-order valence-electron chi connectivity index (χ3n) is 3.78. The second-order valence-electron chi connectivity index (χ2n) is 5.18. The van der Waals surface area contributed by atoms with Gasteiger partial charge in [-0.2, -0.15) is 0 Å². The number of carbonyl (C=O) groups excluding carboxylic acids is 2. The van der Waals surface area contributed by atoms with Crippen molar-refractivity contribution in [3.8, 4) is 0 Å². The molecular weight excluding hydrogens is 288 g/mol. The molecule has 22 heavy (non-hydrogen) atoms. The average Bonchev–Trinajstić information content (AvgIpc) is 2.98. The molecule has 2 aromatic heterocycles. The van der Waals surface area contributed by atoms with Gasteiger partial charge in [0.05, 0.1) is 7.11 Å². The monoisotopic (exact) mass is 304 g/mol. The second-order valence-corrected chi connectivity index (χ2v) is 5.18. The molecule has 116 valence electrons. The molecule has 0 atom stereocenters. The van der Waals surface area contributed by atoms with E-state index in [-0.39, 0.29) is 22.9 Å². The van der Waals surface area contributed by atoms with Crippen LogP contribution in [-0.2, 0) is 4.74 Å². The second kappa shape index (κ2) is 5.63. The van der Waals surface area contributed by atoms with Crippen LogP contribution in [0.2, 0.25) is 0 Å². The van der Waals surface area contributed by atoms with Gasteiger partial charge in [-0.25, -0.2) is 9.78 Å². The van der Waals surface area contributed by atoms with Crippen LogP contribution in [0.25, 0.3) is 5.65 Å². The van der Waals surface area contributed by atoms with E-state index >= 15 is 0 Å². The molecule has 8 heteroatoms. The number of aromatic amines is 1. The fraction of sp³-hybridized carbons (Fsp3) is 0.429. The Labute approximate surface area is 125 Å². The lowest BCUT2D eigenvalue weighted by molar-refractivity contribution is 0.0593. The molecule has 0 saturated carbocycles. The molecular formula is C14H16N4O4. The number of esters is 1. The lowest BCUT2D eigenvalue weighted by Gasteiger charge is -2.25. The van der Waals surface area contributed by atoms with Crippen LogP contribution in [0.3, 0.4) is 0 Å². The number of nitrogens with one attached hydrogen (secondary N) is 1. The van der Waals surface area contributed by atoms with Gasteiger partial charge in [-0.05, 0) is 19.3 Å². The first-order chi connectivity index (χ1) is 10.6. The summed E-state index contributed by atoms with van der Waals surface area (Å²) in [7, 11) is 1.22. The Kier molecular flexibility index (Phi) is 3.66. The number of methoxy groups -OCH3 is 1. The highest BCUT2D eigenvalue weighted by Crippen LogP contribution is 2.14. The summed E-state index contributed by atoms with van der Waals surface area (Å²) in [4.78, 5) is 44.7. The molecule has 1 amide bonds. The number of aromatic nitrogens is 3. The van der Waals surface area contributed by atoms with Gasteiger partial charge in [-0.15, -0.1) is 0 Å². The minimum atomic E-state index is -0.669. The maximum Gasteiger partial charge on any atom is 0.354 e. The van der Waals surface area contributed by atoms with Crippen LogP contribution in [0.15, 0.2) is 17.2 Å². The van der Waals surface area contributed by atoms with E-state index in [1.807, 2.05) is 0 Å². The van der Waals surface area contributed by atoms with E-state index in [0.29, 0.717) is 13.1 Å². The number of H-pyrrole nitrogens is 1. The van der Waals surface area contributed by atoms with E-state index in [9.17, 15) is 14.4 Å². The summed E-state index contributed by atoms with van der Waals surface area (Å²) in [5.41, 5.74) is -0.0965. The van der Waals surface area contributed by atoms with Crippen molar-refractivity contribution < 1.29 is 14.3 Å². The molecule has 0 unspecified atom stereocenters. The van der Waals surface area contributed by atoms with Crippen molar-refractivity contribution >= 4 is 17.5 Å². The third kappa shape index (κ3) is 2.36. The van der Waals surface area contributed by atoms with Crippen molar-refractivity contribution in [1.29, 1.82) is 0 Å². The van der Waals surface area contributed by atoms with E-state index in [2.05, 4.69) is 14.7 Å². The zero-order valence-corrected chi connectivity index (χ0v) is 12.2. The number of imidazole rings is 1. The van der Waals surface area contributed by atoms with Crippen molar-refractivity contribution in [1.82, 2.24) is 19.3 Å². The quantitative estimate of drug-likeness (QED) is 0.812. The Bertz CT molecular complexity index is 786. The predicted molar refractivity (Wildman–Crippen MR) is 76.9 cm³/mol. The highest BCUT2D eigenvalue weighted by molar-refractivity contribution is 5.98. The summed E-state index contributed by atoms with van der Waals surface area (Å²) in [6, 6.07) is 1.12. The highest BCUT2D eigenvalue weighted by atomic mass is 16.5. The lowest BCUT2D eigenvalue weighted by atomic mass is 10.1. The van der Waals surface area contributed by atoms with Gasteiger partial charge in [0, 0.05) is 19.2 Å². The average molecular weight is 304 g/mol. The van der Waals surface area contributed by atoms with Crippen LogP contribution in [0.4, 0.5) is 0 Å². The van der Waals surface area contributed by atoms with Crippen molar-refractivity contribution in [3.05, 3.63) is 34.1 Å². The first-order valence-electron chi connectivity index (χ1n) is 7.10. The summed E-state index contributed by atoms with van der Waals surface area (Å²) >= 11 is 0. The highest BCUT2D eigenvalue weighted by Gasteiger charge is 2.24. The molecule has 3 rings (SSSR count). The number of hydrogen-bond donors (Lipinski definition) is 1. The first-order valence-corrected chi connectivity index (χ1v) is 7.10. The van der Waals surface area contributed by atoms with Crippen molar-refractivity contribution in [2.45, 2.75) is 19.3 Å². The Morgan fingerprint density at radius 1 is 1.27 bits per heavy atom. The third-order valence-corrected chi connectivity index (χ3v) is 3.78. The first kappa shape index (κ1) is 14.3. The van der Waals surface area contributed by atoms with Crippen LogP contribution in [-0.4, -0.2) is 51.3 Å². The molecule has 1 saturated heterocycles. The molecule has 0 radical (unpaired) electrons. The van der Waals surface area contributed by atoms with Crippen LogP contribution in [0.5, 0.6) is 0 Å². The van der Waals surface area contributed by atoms with Gasteiger partial charge in [0.1, 0.15) is 12.0 Å². The van der Waals surface area contributed by atoms with Gasteiger partial charge < -0.3 is 14.6 Å². The lowest BCUT2D eigenvalue weighted by Crippen LogP contribution is -2.36. The number of amides is 1. The van der Waals surface area contributed by atoms with E-state index in [1.54, 1.807) is 4.90 Å². The molecule has 3 heterocycles. The number of likely N-dealkylation sites (tertiary alicyclic amines) is 1. The Hall–Kier alpha value is -2.64. The van der Waals surface area contributed by atoms with Crippen LogP contribution in [0.1, 0.15) is 40.2 Å². The number of nitrogens with zero attached hydrogens (tertiary/aromatic N) is 3. The number of ether oxygens (including phenoxy) is 1. The maximum absolute atomic E-state index is 12.5. The predicted octanol–water partition coefficient (Wildman–Crippen LogP) is 0.435. The zero-order valence-electron chi connectivity index (χ0n) is 12.2. The van der Waals surface area contributed by atoms with Crippen molar-refractivity contribution in [2.24, 2.45) is 0 Å². The largest absolute Gasteiger partial charge is 0.464 e. The summed E-state index contributed by atoms with van der Waals surface area (Å²) < 4.78 is 5.81. The number of fused-ring (bicyclic) bond motifs is 1. The Balaban J connectivity index is 2.06. The fourth-order valence-electron chi connectivity index (χ4n) is 2.61. The van der Waals surface area contributed by atoms with Crippen molar-refractivity contribution in [2.75, 3.05) is 20.2 Å². The molecule has 1 fully saturated rings. The van der Waals surface area contributed by atoms with Gasteiger partial charge in [-0.1, -0.05) is 0 Å². The summed E-state index contributed by atoms with van der Waals surface area (Å²) in [6.07, 6.45) is 4.31. The van der Waals surface area contributed by atoms with E-state index in [0.717, 1.165) is 25.3 Å². The van der Waals surface area contributed by atoms with E-state index < -0.39 is 11.5 Å². The standard InChI is InChI=1S/C14H16N4O4/c1-22-14(21)9-7-10(19)18-8-15-11(12(18)16-9)13(20)17-5-3-2-4-6-17/h7-8,16H,2-6H2,1H3. The van der Waals surface area contributed by atoms with Crippen molar-refractivity contribution in [3.63, 3.8) is 0 Å². The van der Waals surface area contributed by atoms with Crippen LogP contribution in [0, 0.1) is 0 Å². The number of piperidine rings is 1. The van der Waals surface area contributed by atoms with Crippen LogP contribution < -0.4 is 5.56 Å². The number of carbonyl (C=O) groups is 2. The maximum atomic E-state index is 12.5. The summed E-state index contributed by atoms with van der Waals surface area (Å²) in [6.45, 7) is 1.36. The molecule has 1 aliphatic heterocycles. The normalized spacial score (nSPS) is 15.0. The molecule has 8 nitrogen and oxygen atoms in total. The molecule has 0 spiro atoms. The summed E-state index contributed by atoms with van der Waals surface area (Å²) in [5, 5.41) is 0. The van der Waals surface area contributed by atoms with E-state index in [1.165, 1.54) is 17.8 Å². The van der Waals surface area contributed by atoms with Gasteiger partial charge in [-0.3, -0.25) is 14.0 Å². The van der Waals surface area contributed by atoms with E-state index in [4.69, 9.17) is 0 Å². The smallest absolute Gasteiger partial charge is 0.354 e. The molecule has 1 N–H and O–H groups in total. The van der Waals surface area contributed by atoms with Gasteiger partial charge in [0.2, 0.25) is 0 Å². The molecule has 0 bridgehead atoms. The minimum absolute atomic E-state index is 0.00630. The topological polar surface area (TPSA) is 96.8 Å². The van der Waals surface area contributed by atoms with Gasteiger partial charge >= 0.3 is 5.97 Å². The van der Waals surface area contributed by atoms with Crippen LogP contribution >= 0.6 is 0 Å².